The molecule has 0 aliphatic heterocycles. The zero-order valence-electron chi connectivity index (χ0n) is 9.11. The van der Waals surface area contributed by atoms with Crippen molar-refractivity contribution in [1.82, 2.24) is 4.98 Å². The Labute approximate surface area is 99.8 Å². The fourth-order valence-corrected chi connectivity index (χ4v) is 1.07. The molecule has 0 N–H and O–H groups in total. The molecule has 0 radical (unpaired) electrons. The Morgan fingerprint density at radius 1 is 1.50 bits per heavy atom. The predicted octanol–water partition coefficient (Wildman–Crippen LogP) is 2.03. The van der Waals surface area contributed by atoms with Crippen molar-refractivity contribution in [2.75, 3.05) is 6.61 Å². The number of alkyl halides is 3. The molecule has 0 bridgehead atoms. The number of esters is 1. The molecule has 0 saturated heterocycles. The summed E-state index contributed by atoms with van der Waals surface area (Å²) in [7, 11) is 0. The lowest BCUT2D eigenvalue weighted by Gasteiger charge is -2.09. The summed E-state index contributed by atoms with van der Waals surface area (Å²) < 4.78 is 44.1. The third-order valence-corrected chi connectivity index (χ3v) is 1.65. The largest absolute Gasteiger partial charge is 0.574 e. The second-order valence-corrected chi connectivity index (χ2v) is 2.96. The number of hydrogen-bond donors (Lipinski definition) is 0. The van der Waals surface area contributed by atoms with Crippen LogP contribution in [0.25, 0.3) is 0 Å². The fourth-order valence-electron chi connectivity index (χ4n) is 1.07. The van der Waals surface area contributed by atoms with Crippen LogP contribution in [0, 0.1) is 11.3 Å². The van der Waals surface area contributed by atoms with Gasteiger partial charge in [0.25, 0.3) is 0 Å². The van der Waals surface area contributed by atoms with E-state index in [1.54, 1.807) is 0 Å². The van der Waals surface area contributed by atoms with Crippen molar-refractivity contribution >= 4 is 5.97 Å². The van der Waals surface area contributed by atoms with E-state index in [1.807, 2.05) is 0 Å². The van der Waals surface area contributed by atoms with Crippen molar-refractivity contribution in [1.29, 1.82) is 5.26 Å². The molecular formula is C10H7F3N2O3. The van der Waals surface area contributed by atoms with Crippen LogP contribution in [0.5, 0.6) is 5.88 Å². The Bertz CT molecular complexity index is 494. The van der Waals surface area contributed by atoms with E-state index in [0.29, 0.717) is 0 Å². The maximum atomic E-state index is 12.0. The molecule has 96 valence electrons. The summed E-state index contributed by atoms with van der Waals surface area (Å²) in [5.41, 5.74) is -0.609. The van der Waals surface area contributed by atoms with Gasteiger partial charge in [-0.05, 0) is 13.0 Å². The van der Waals surface area contributed by atoms with E-state index in [1.165, 1.54) is 13.0 Å². The van der Waals surface area contributed by atoms with E-state index in [0.717, 1.165) is 12.1 Å². The van der Waals surface area contributed by atoms with Crippen LogP contribution in [0.2, 0.25) is 0 Å². The van der Waals surface area contributed by atoms with Gasteiger partial charge >= 0.3 is 12.3 Å². The van der Waals surface area contributed by atoms with Crippen molar-refractivity contribution in [3.63, 3.8) is 0 Å². The van der Waals surface area contributed by atoms with Crippen molar-refractivity contribution in [2.24, 2.45) is 0 Å². The minimum absolute atomic E-state index is 0.0541. The summed E-state index contributed by atoms with van der Waals surface area (Å²) in [6.45, 7) is 1.59. The predicted molar refractivity (Wildman–Crippen MR) is 51.6 cm³/mol. The topological polar surface area (TPSA) is 72.2 Å². The van der Waals surface area contributed by atoms with Crippen LogP contribution in [0.4, 0.5) is 13.2 Å². The Morgan fingerprint density at radius 3 is 2.67 bits per heavy atom. The van der Waals surface area contributed by atoms with Gasteiger partial charge in [0, 0.05) is 6.07 Å². The van der Waals surface area contributed by atoms with Crippen LogP contribution in [0.1, 0.15) is 23.0 Å². The number of carbonyl (C=O) groups is 1. The molecule has 1 aromatic rings. The number of nitrogens with zero attached hydrogens (tertiary/aromatic N) is 2. The lowest BCUT2D eigenvalue weighted by molar-refractivity contribution is -0.276. The average molecular weight is 260 g/mol. The zero-order valence-corrected chi connectivity index (χ0v) is 9.11. The van der Waals surface area contributed by atoms with E-state index in [-0.39, 0.29) is 17.9 Å². The molecule has 0 saturated carbocycles. The number of aromatic nitrogens is 1. The number of hydrogen-bond acceptors (Lipinski definition) is 5. The Kier molecular flexibility index (Phi) is 4.09. The van der Waals surface area contributed by atoms with Crippen LogP contribution in [0.15, 0.2) is 12.1 Å². The van der Waals surface area contributed by atoms with Crippen LogP contribution in [-0.2, 0) is 4.74 Å². The Morgan fingerprint density at radius 2 is 2.17 bits per heavy atom. The Hall–Kier alpha value is -2.30. The van der Waals surface area contributed by atoms with Crippen molar-refractivity contribution in [3.05, 3.63) is 23.4 Å². The lowest BCUT2D eigenvalue weighted by Crippen LogP contribution is -2.18. The van der Waals surface area contributed by atoms with Gasteiger partial charge in [0.05, 0.1) is 12.2 Å². The van der Waals surface area contributed by atoms with E-state index in [2.05, 4.69) is 14.5 Å². The van der Waals surface area contributed by atoms with Gasteiger partial charge in [-0.2, -0.15) is 5.26 Å². The normalized spacial score (nSPS) is 10.6. The molecule has 1 heterocycles. The number of rotatable bonds is 3. The first-order valence-electron chi connectivity index (χ1n) is 4.70. The molecule has 8 heteroatoms. The third kappa shape index (κ3) is 3.93. The van der Waals surface area contributed by atoms with Crippen molar-refractivity contribution in [3.8, 4) is 11.9 Å². The van der Waals surface area contributed by atoms with E-state index in [4.69, 9.17) is 5.26 Å². The average Bonchev–Trinajstić information content (AvgIpc) is 2.26. The van der Waals surface area contributed by atoms with E-state index < -0.39 is 18.2 Å². The van der Waals surface area contributed by atoms with Crippen LogP contribution in [-0.4, -0.2) is 23.9 Å². The molecule has 5 nitrogen and oxygen atoms in total. The summed E-state index contributed by atoms with van der Waals surface area (Å²) in [6.07, 6.45) is -4.95. The molecular weight excluding hydrogens is 253 g/mol. The molecule has 0 fully saturated rings. The van der Waals surface area contributed by atoms with Gasteiger partial charge in [-0.15, -0.1) is 13.2 Å². The first-order valence-corrected chi connectivity index (χ1v) is 4.70. The first-order chi connectivity index (χ1) is 8.35. The Balaban J connectivity index is 3.10. The summed E-state index contributed by atoms with van der Waals surface area (Å²) in [5, 5.41) is 8.60. The van der Waals surface area contributed by atoms with Gasteiger partial charge < -0.3 is 9.47 Å². The van der Waals surface area contributed by atoms with Gasteiger partial charge in [0.15, 0.2) is 0 Å². The lowest BCUT2D eigenvalue weighted by atomic mass is 10.2. The highest BCUT2D eigenvalue weighted by molar-refractivity contribution is 5.90. The van der Waals surface area contributed by atoms with Crippen molar-refractivity contribution < 1.29 is 27.4 Å². The van der Waals surface area contributed by atoms with Gasteiger partial charge in [-0.3, -0.25) is 0 Å². The fraction of sp³-hybridized carbons (Fsp3) is 0.300. The number of halogens is 3. The number of carbonyl (C=O) groups excluding carboxylic acids is 1. The van der Waals surface area contributed by atoms with Crippen LogP contribution < -0.4 is 4.74 Å². The summed E-state index contributed by atoms with van der Waals surface area (Å²) in [4.78, 5) is 14.6. The van der Waals surface area contributed by atoms with E-state index >= 15 is 0 Å². The van der Waals surface area contributed by atoms with Crippen molar-refractivity contribution in [2.45, 2.75) is 13.3 Å². The first kappa shape index (κ1) is 13.8. The highest BCUT2D eigenvalue weighted by Gasteiger charge is 2.32. The quantitative estimate of drug-likeness (QED) is 0.777. The summed E-state index contributed by atoms with van der Waals surface area (Å²) in [5.74, 6) is -1.74. The summed E-state index contributed by atoms with van der Waals surface area (Å²) in [6, 6.07) is 3.30. The number of pyridine rings is 1. The van der Waals surface area contributed by atoms with Gasteiger partial charge in [0.2, 0.25) is 5.88 Å². The number of nitriles is 1. The monoisotopic (exact) mass is 260 g/mol. The third-order valence-electron chi connectivity index (χ3n) is 1.65. The molecule has 0 aliphatic carbocycles. The van der Waals surface area contributed by atoms with Gasteiger partial charge in [0.1, 0.15) is 11.8 Å². The maximum Gasteiger partial charge on any atom is 0.574 e. The second kappa shape index (κ2) is 5.35. The van der Waals surface area contributed by atoms with Gasteiger partial charge in [-0.1, -0.05) is 0 Å². The van der Waals surface area contributed by atoms with Gasteiger partial charge in [-0.25, -0.2) is 9.78 Å². The highest BCUT2D eigenvalue weighted by Crippen LogP contribution is 2.22. The molecule has 0 amide bonds. The zero-order chi connectivity index (χ0) is 13.8. The molecule has 0 spiro atoms. The highest BCUT2D eigenvalue weighted by atomic mass is 19.4. The SMILES string of the molecule is CCOC(=O)c1cc(C#N)nc(OC(F)(F)F)c1. The molecule has 1 aromatic heterocycles. The summed E-state index contributed by atoms with van der Waals surface area (Å²) >= 11 is 0. The van der Waals surface area contributed by atoms with Crippen LogP contribution in [0.3, 0.4) is 0 Å². The molecule has 0 atom stereocenters. The minimum Gasteiger partial charge on any atom is -0.462 e. The van der Waals surface area contributed by atoms with E-state index in [9.17, 15) is 18.0 Å². The minimum atomic E-state index is -4.95. The van der Waals surface area contributed by atoms with Crippen LogP contribution >= 0.6 is 0 Å². The molecule has 1 rings (SSSR count). The number of ether oxygens (including phenoxy) is 2. The maximum absolute atomic E-state index is 12.0. The molecule has 0 aromatic carbocycles. The standard InChI is InChI=1S/C10H7F3N2O3/c1-2-17-9(16)6-3-7(5-14)15-8(4-6)18-10(11,12)13/h3-4H,2H2,1H3. The molecule has 0 unspecified atom stereocenters. The smallest absolute Gasteiger partial charge is 0.462 e. The molecule has 18 heavy (non-hydrogen) atoms. The molecule has 0 aliphatic rings. The second-order valence-electron chi connectivity index (χ2n) is 2.96.